The highest BCUT2D eigenvalue weighted by Gasteiger charge is 2.14. The van der Waals surface area contributed by atoms with E-state index in [1.807, 2.05) is 32.9 Å². The second kappa shape index (κ2) is 8.12. The lowest BCUT2D eigenvalue weighted by Gasteiger charge is -2.10. The van der Waals surface area contributed by atoms with Crippen molar-refractivity contribution < 1.29 is 14.3 Å². The Morgan fingerprint density at radius 1 is 1.04 bits per heavy atom. The monoisotopic (exact) mass is 379 g/mol. The molecule has 7 heteroatoms. The number of rotatable bonds is 6. The van der Waals surface area contributed by atoms with Crippen molar-refractivity contribution in [1.82, 2.24) is 15.0 Å². The number of fused-ring (bicyclic) bond motifs is 1. The fraction of sp³-hybridized carbons (Fsp3) is 0.286. The van der Waals surface area contributed by atoms with Crippen molar-refractivity contribution in [3.05, 3.63) is 69.0 Å². The normalized spacial score (nSPS) is 10.8. The molecule has 0 bridgehead atoms. The fourth-order valence-corrected chi connectivity index (χ4v) is 2.92. The third-order valence-corrected chi connectivity index (χ3v) is 4.66. The van der Waals surface area contributed by atoms with E-state index in [-0.39, 0.29) is 30.9 Å². The van der Waals surface area contributed by atoms with Gasteiger partial charge in [0.25, 0.3) is 5.56 Å². The number of aryl methyl sites for hydroxylation is 4. The highest BCUT2D eigenvalue weighted by atomic mass is 16.5. The minimum atomic E-state index is -0.573. The molecule has 0 radical (unpaired) electrons. The molecule has 7 nitrogen and oxygen atoms in total. The van der Waals surface area contributed by atoms with Gasteiger partial charge in [0.2, 0.25) is 5.78 Å². The maximum absolute atomic E-state index is 12.4. The molecule has 3 rings (SSSR count). The smallest absolute Gasteiger partial charge is 0.308 e. The molecule has 2 aromatic carbocycles. The van der Waals surface area contributed by atoms with E-state index in [1.54, 1.807) is 24.3 Å². The van der Waals surface area contributed by atoms with Crippen LogP contribution < -0.4 is 5.56 Å². The second-order valence-corrected chi connectivity index (χ2v) is 6.72. The van der Waals surface area contributed by atoms with Crippen LogP contribution in [0.15, 0.2) is 41.2 Å². The van der Waals surface area contributed by atoms with Gasteiger partial charge in [-0.25, -0.2) is 4.68 Å². The van der Waals surface area contributed by atoms with Crippen molar-refractivity contribution in [2.24, 2.45) is 0 Å². The first-order chi connectivity index (χ1) is 13.4. The van der Waals surface area contributed by atoms with Crippen LogP contribution in [0.1, 0.15) is 33.5 Å². The van der Waals surface area contributed by atoms with E-state index in [0.717, 1.165) is 21.4 Å². The number of ether oxygens (including phenoxy) is 1. The molecule has 0 spiro atoms. The molecule has 0 saturated carbocycles. The van der Waals surface area contributed by atoms with E-state index in [0.29, 0.717) is 16.5 Å². The number of benzene rings is 2. The van der Waals surface area contributed by atoms with Gasteiger partial charge in [-0.05, 0) is 55.7 Å². The van der Waals surface area contributed by atoms with Crippen molar-refractivity contribution in [3.8, 4) is 0 Å². The highest BCUT2D eigenvalue weighted by Crippen LogP contribution is 2.16. The maximum atomic E-state index is 12.4. The Morgan fingerprint density at radius 3 is 2.54 bits per heavy atom. The summed E-state index contributed by atoms with van der Waals surface area (Å²) < 4.78 is 6.20. The Morgan fingerprint density at radius 2 is 1.75 bits per heavy atom. The van der Waals surface area contributed by atoms with E-state index in [9.17, 15) is 14.4 Å². The lowest BCUT2D eigenvalue weighted by molar-refractivity contribution is -0.142. The van der Waals surface area contributed by atoms with E-state index >= 15 is 0 Å². The SMILES string of the molecule is Cc1cc(C)c(C(=O)COC(=O)CCn2nnc3ccccc3c2=O)cc1C. The molecule has 0 N–H and O–H groups in total. The van der Waals surface area contributed by atoms with Gasteiger partial charge in [0.15, 0.2) is 6.61 Å². The Labute approximate surface area is 161 Å². The first kappa shape index (κ1) is 19.4. The summed E-state index contributed by atoms with van der Waals surface area (Å²) in [5.74, 6) is -0.826. The predicted octanol–water partition coefficient (Wildman–Crippen LogP) is 2.53. The lowest BCUT2D eigenvalue weighted by Crippen LogP contribution is -2.26. The summed E-state index contributed by atoms with van der Waals surface area (Å²) in [4.78, 5) is 36.7. The summed E-state index contributed by atoms with van der Waals surface area (Å²) in [6, 6.07) is 10.6. The molecule has 1 aromatic heterocycles. The zero-order chi connectivity index (χ0) is 20.3. The van der Waals surface area contributed by atoms with Gasteiger partial charge in [0.1, 0.15) is 5.52 Å². The van der Waals surface area contributed by atoms with Gasteiger partial charge in [-0.3, -0.25) is 14.4 Å². The standard InChI is InChI=1S/C21H21N3O4/c1-13-10-15(3)17(11-14(13)2)19(25)12-28-20(26)8-9-24-21(27)16-6-4-5-7-18(16)22-23-24/h4-7,10-11H,8-9,12H2,1-3H3. The zero-order valence-electron chi connectivity index (χ0n) is 16.1. The molecule has 0 aliphatic heterocycles. The molecule has 0 unspecified atom stereocenters. The summed E-state index contributed by atoms with van der Waals surface area (Å²) in [7, 11) is 0. The van der Waals surface area contributed by atoms with Crippen LogP contribution >= 0.6 is 0 Å². The number of carbonyl (C=O) groups excluding carboxylic acids is 2. The lowest BCUT2D eigenvalue weighted by atomic mass is 9.98. The van der Waals surface area contributed by atoms with Gasteiger partial charge in [-0.1, -0.05) is 23.4 Å². The molecule has 28 heavy (non-hydrogen) atoms. The number of Topliss-reactive ketones (excluding diaryl/α,β-unsaturated/α-hetero) is 1. The van der Waals surface area contributed by atoms with Crippen molar-refractivity contribution >= 4 is 22.7 Å². The van der Waals surface area contributed by atoms with Gasteiger partial charge in [0.05, 0.1) is 18.4 Å². The van der Waals surface area contributed by atoms with Gasteiger partial charge in [-0.15, -0.1) is 5.10 Å². The molecule has 0 fully saturated rings. The fourth-order valence-electron chi connectivity index (χ4n) is 2.92. The van der Waals surface area contributed by atoms with Crippen molar-refractivity contribution in [3.63, 3.8) is 0 Å². The van der Waals surface area contributed by atoms with Crippen LogP contribution in [0.3, 0.4) is 0 Å². The number of hydrogen-bond donors (Lipinski definition) is 0. The Bertz CT molecular complexity index is 1120. The number of hydrogen-bond acceptors (Lipinski definition) is 6. The number of ketones is 1. The molecule has 1 heterocycles. The van der Waals surface area contributed by atoms with Crippen LogP contribution in [0.2, 0.25) is 0 Å². The summed E-state index contributed by atoms with van der Waals surface area (Å²) in [6.07, 6.45) is -0.0773. The summed E-state index contributed by atoms with van der Waals surface area (Å²) in [5.41, 5.74) is 3.69. The molecule has 0 saturated heterocycles. The summed E-state index contributed by atoms with van der Waals surface area (Å²) in [6.45, 7) is 5.47. The average molecular weight is 379 g/mol. The number of nitrogens with zero attached hydrogens (tertiary/aromatic N) is 3. The van der Waals surface area contributed by atoms with Crippen molar-refractivity contribution in [1.29, 1.82) is 0 Å². The second-order valence-electron chi connectivity index (χ2n) is 6.72. The quantitative estimate of drug-likeness (QED) is 0.483. The number of carbonyl (C=O) groups is 2. The van der Waals surface area contributed by atoms with Crippen LogP contribution in [0.4, 0.5) is 0 Å². The van der Waals surface area contributed by atoms with Crippen LogP contribution in [0.25, 0.3) is 10.9 Å². The van der Waals surface area contributed by atoms with Crippen molar-refractivity contribution in [2.75, 3.05) is 6.61 Å². The Hall–Kier alpha value is -3.35. The predicted molar refractivity (Wildman–Crippen MR) is 104 cm³/mol. The molecule has 0 amide bonds. The van der Waals surface area contributed by atoms with Crippen molar-refractivity contribution in [2.45, 2.75) is 33.7 Å². The molecular formula is C21H21N3O4. The molecule has 144 valence electrons. The molecule has 0 aliphatic rings. The molecule has 0 atom stereocenters. The zero-order valence-corrected chi connectivity index (χ0v) is 16.1. The van der Waals surface area contributed by atoms with E-state index in [1.165, 1.54) is 0 Å². The molecule has 0 aliphatic carbocycles. The molecule has 3 aromatic rings. The van der Waals surface area contributed by atoms with E-state index in [4.69, 9.17) is 4.74 Å². The summed E-state index contributed by atoms with van der Waals surface area (Å²) in [5, 5.41) is 8.23. The number of aromatic nitrogens is 3. The van der Waals surface area contributed by atoms with Gasteiger partial charge >= 0.3 is 5.97 Å². The van der Waals surface area contributed by atoms with Gasteiger partial charge in [-0.2, -0.15) is 0 Å². The first-order valence-corrected chi connectivity index (χ1v) is 8.96. The van der Waals surface area contributed by atoms with Crippen LogP contribution in [0, 0.1) is 20.8 Å². The van der Waals surface area contributed by atoms with Crippen LogP contribution in [0.5, 0.6) is 0 Å². The Kier molecular flexibility index (Phi) is 5.63. The topological polar surface area (TPSA) is 91.2 Å². The van der Waals surface area contributed by atoms with Gasteiger partial charge < -0.3 is 4.74 Å². The highest BCUT2D eigenvalue weighted by molar-refractivity contribution is 5.99. The minimum absolute atomic E-state index is 0.0341. The third kappa shape index (κ3) is 4.14. The Balaban J connectivity index is 1.59. The molecular weight excluding hydrogens is 358 g/mol. The number of esters is 1. The van der Waals surface area contributed by atoms with E-state index < -0.39 is 5.97 Å². The third-order valence-electron chi connectivity index (χ3n) is 4.66. The summed E-state index contributed by atoms with van der Waals surface area (Å²) >= 11 is 0. The minimum Gasteiger partial charge on any atom is -0.457 e. The average Bonchev–Trinajstić information content (AvgIpc) is 2.68. The first-order valence-electron chi connectivity index (χ1n) is 8.96. The largest absolute Gasteiger partial charge is 0.457 e. The van der Waals surface area contributed by atoms with E-state index in [2.05, 4.69) is 10.3 Å². The van der Waals surface area contributed by atoms with Gasteiger partial charge in [0, 0.05) is 5.56 Å². The van der Waals surface area contributed by atoms with Crippen LogP contribution in [-0.2, 0) is 16.1 Å². The van der Waals surface area contributed by atoms with Crippen LogP contribution in [-0.4, -0.2) is 33.4 Å². The maximum Gasteiger partial charge on any atom is 0.308 e.